The molecule has 0 saturated heterocycles. The molecule has 13 heavy (non-hydrogen) atoms. The summed E-state index contributed by atoms with van der Waals surface area (Å²) in [6.45, 7) is 3.96. The SMILES string of the molecule is CCC(=O)C1=CC=C(OC)CC1C. The smallest absolute Gasteiger partial charge is 0.158 e. The van der Waals surface area contributed by atoms with Gasteiger partial charge in [0.15, 0.2) is 5.78 Å². The highest BCUT2D eigenvalue weighted by Gasteiger charge is 2.19. The molecule has 0 aromatic heterocycles. The normalized spacial score (nSPS) is 21.9. The van der Waals surface area contributed by atoms with E-state index in [2.05, 4.69) is 6.92 Å². The molecule has 0 bridgehead atoms. The Bertz CT molecular complexity index is 261. The number of allylic oxidation sites excluding steroid dienone is 4. The molecule has 0 aromatic rings. The maximum Gasteiger partial charge on any atom is 0.158 e. The molecule has 0 fully saturated rings. The van der Waals surface area contributed by atoms with Crippen molar-refractivity contribution in [2.75, 3.05) is 7.11 Å². The van der Waals surface area contributed by atoms with Crippen LogP contribution in [0.25, 0.3) is 0 Å². The average molecular weight is 180 g/mol. The first-order chi connectivity index (χ1) is 6.19. The number of carbonyl (C=O) groups excluding carboxylic acids is 1. The third-order valence-corrected chi connectivity index (χ3v) is 2.39. The molecular formula is C11H16O2. The Morgan fingerprint density at radius 2 is 2.31 bits per heavy atom. The zero-order chi connectivity index (χ0) is 9.84. The van der Waals surface area contributed by atoms with Crippen LogP contribution >= 0.6 is 0 Å². The van der Waals surface area contributed by atoms with Crippen LogP contribution in [0.5, 0.6) is 0 Å². The van der Waals surface area contributed by atoms with Crippen LogP contribution in [0, 0.1) is 5.92 Å². The van der Waals surface area contributed by atoms with Gasteiger partial charge in [0.25, 0.3) is 0 Å². The van der Waals surface area contributed by atoms with E-state index in [-0.39, 0.29) is 5.78 Å². The lowest BCUT2D eigenvalue weighted by Gasteiger charge is -2.19. The number of ketones is 1. The van der Waals surface area contributed by atoms with E-state index in [1.807, 2.05) is 19.1 Å². The summed E-state index contributed by atoms with van der Waals surface area (Å²) in [5.41, 5.74) is 0.934. The fourth-order valence-corrected chi connectivity index (χ4v) is 1.55. The Kier molecular flexibility index (Phi) is 3.29. The number of rotatable bonds is 3. The van der Waals surface area contributed by atoms with Crippen LogP contribution in [0.1, 0.15) is 26.7 Å². The molecule has 1 aliphatic carbocycles. The fraction of sp³-hybridized carbons (Fsp3) is 0.545. The number of methoxy groups -OCH3 is 1. The van der Waals surface area contributed by atoms with Crippen molar-refractivity contribution in [2.45, 2.75) is 26.7 Å². The van der Waals surface area contributed by atoms with Gasteiger partial charge in [-0.25, -0.2) is 0 Å². The van der Waals surface area contributed by atoms with Gasteiger partial charge in [-0.2, -0.15) is 0 Å². The van der Waals surface area contributed by atoms with Gasteiger partial charge in [0.05, 0.1) is 12.9 Å². The quantitative estimate of drug-likeness (QED) is 0.667. The zero-order valence-corrected chi connectivity index (χ0v) is 8.46. The van der Waals surface area contributed by atoms with Crippen LogP contribution in [0.4, 0.5) is 0 Å². The summed E-state index contributed by atoms with van der Waals surface area (Å²) >= 11 is 0. The Morgan fingerprint density at radius 1 is 1.62 bits per heavy atom. The first-order valence-corrected chi connectivity index (χ1v) is 4.67. The third kappa shape index (κ3) is 2.20. The molecule has 1 unspecified atom stereocenters. The van der Waals surface area contributed by atoms with Crippen LogP contribution in [-0.2, 0) is 9.53 Å². The topological polar surface area (TPSA) is 26.3 Å². The summed E-state index contributed by atoms with van der Waals surface area (Å²) in [4.78, 5) is 11.4. The maximum absolute atomic E-state index is 11.4. The number of Topliss-reactive ketones (excluding diaryl/α,β-unsaturated/α-hetero) is 1. The molecule has 0 amide bonds. The molecule has 0 aromatic carbocycles. The van der Waals surface area contributed by atoms with Gasteiger partial charge in [-0.1, -0.05) is 19.9 Å². The number of hydrogen-bond donors (Lipinski definition) is 0. The van der Waals surface area contributed by atoms with E-state index < -0.39 is 0 Å². The molecule has 0 N–H and O–H groups in total. The third-order valence-electron chi connectivity index (χ3n) is 2.39. The molecule has 0 aliphatic heterocycles. The van der Waals surface area contributed by atoms with Crippen LogP contribution in [0.15, 0.2) is 23.5 Å². The minimum Gasteiger partial charge on any atom is -0.501 e. The average Bonchev–Trinajstić information content (AvgIpc) is 2.16. The van der Waals surface area contributed by atoms with E-state index in [0.29, 0.717) is 12.3 Å². The lowest BCUT2D eigenvalue weighted by Crippen LogP contribution is -2.13. The predicted molar refractivity (Wildman–Crippen MR) is 52.3 cm³/mol. The zero-order valence-electron chi connectivity index (χ0n) is 8.46. The molecule has 1 atom stereocenters. The van der Waals surface area contributed by atoms with Crippen molar-refractivity contribution in [3.63, 3.8) is 0 Å². The summed E-state index contributed by atoms with van der Waals surface area (Å²) in [7, 11) is 1.67. The fourth-order valence-electron chi connectivity index (χ4n) is 1.55. The highest BCUT2D eigenvalue weighted by Crippen LogP contribution is 2.26. The molecular weight excluding hydrogens is 164 g/mol. The van der Waals surface area contributed by atoms with Gasteiger partial charge in [-0.3, -0.25) is 4.79 Å². The Balaban J connectivity index is 2.81. The highest BCUT2D eigenvalue weighted by molar-refractivity contribution is 5.96. The van der Waals surface area contributed by atoms with Crippen molar-refractivity contribution < 1.29 is 9.53 Å². The Hall–Kier alpha value is -1.05. The lowest BCUT2D eigenvalue weighted by molar-refractivity contribution is -0.115. The first-order valence-electron chi connectivity index (χ1n) is 4.67. The first kappa shape index (κ1) is 10.0. The molecule has 1 aliphatic rings. The Morgan fingerprint density at radius 3 is 2.77 bits per heavy atom. The standard InChI is InChI=1S/C11H16O2/c1-4-11(12)10-6-5-9(13-3)7-8(10)2/h5-6,8H,4,7H2,1-3H3. The summed E-state index contributed by atoms with van der Waals surface area (Å²) in [6.07, 6.45) is 5.21. The Labute approximate surface area is 79.3 Å². The van der Waals surface area contributed by atoms with Gasteiger partial charge in [-0.05, 0) is 17.6 Å². The van der Waals surface area contributed by atoms with Crippen molar-refractivity contribution in [1.82, 2.24) is 0 Å². The molecule has 2 nitrogen and oxygen atoms in total. The number of hydrogen-bond acceptors (Lipinski definition) is 2. The van der Waals surface area contributed by atoms with Gasteiger partial charge in [0.1, 0.15) is 0 Å². The van der Waals surface area contributed by atoms with Crippen molar-refractivity contribution in [3.8, 4) is 0 Å². The van der Waals surface area contributed by atoms with E-state index in [4.69, 9.17) is 4.74 Å². The summed E-state index contributed by atoms with van der Waals surface area (Å²) in [5, 5.41) is 0. The molecule has 0 saturated carbocycles. The number of carbonyl (C=O) groups is 1. The van der Waals surface area contributed by atoms with E-state index in [1.54, 1.807) is 7.11 Å². The lowest BCUT2D eigenvalue weighted by atomic mass is 9.88. The second-order valence-electron chi connectivity index (χ2n) is 3.34. The highest BCUT2D eigenvalue weighted by atomic mass is 16.5. The molecule has 2 heteroatoms. The van der Waals surface area contributed by atoms with Gasteiger partial charge < -0.3 is 4.74 Å². The van der Waals surface area contributed by atoms with Crippen molar-refractivity contribution in [2.24, 2.45) is 5.92 Å². The van der Waals surface area contributed by atoms with Crippen LogP contribution < -0.4 is 0 Å². The summed E-state index contributed by atoms with van der Waals surface area (Å²) < 4.78 is 5.13. The molecule has 0 spiro atoms. The second kappa shape index (κ2) is 4.26. The van der Waals surface area contributed by atoms with E-state index in [0.717, 1.165) is 17.8 Å². The van der Waals surface area contributed by atoms with E-state index in [1.165, 1.54) is 0 Å². The summed E-state index contributed by atoms with van der Waals surface area (Å²) in [6, 6.07) is 0. The van der Waals surface area contributed by atoms with Gasteiger partial charge in [-0.15, -0.1) is 0 Å². The van der Waals surface area contributed by atoms with Gasteiger partial charge >= 0.3 is 0 Å². The minimum absolute atomic E-state index is 0.249. The van der Waals surface area contributed by atoms with Crippen LogP contribution in [-0.4, -0.2) is 12.9 Å². The monoisotopic (exact) mass is 180 g/mol. The second-order valence-corrected chi connectivity index (χ2v) is 3.34. The summed E-state index contributed by atoms with van der Waals surface area (Å²) in [5.74, 6) is 1.51. The molecule has 72 valence electrons. The van der Waals surface area contributed by atoms with Gasteiger partial charge in [0, 0.05) is 12.8 Å². The maximum atomic E-state index is 11.4. The number of ether oxygens (including phenoxy) is 1. The molecule has 1 rings (SSSR count). The van der Waals surface area contributed by atoms with E-state index >= 15 is 0 Å². The van der Waals surface area contributed by atoms with Crippen LogP contribution in [0.3, 0.4) is 0 Å². The minimum atomic E-state index is 0.249. The van der Waals surface area contributed by atoms with Crippen LogP contribution in [0.2, 0.25) is 0 Å². The van der Waals surface area contributed by atoms with E-state index in [9.17, 15) is 4.79 Å². The molecule has 0 radical (unpaired) electrons. The predicted octanol–water partition coefficient (Wildman–Crippen LogP) is 2.46. The molecule has 0 heterocycles. The van der Waals surface area contributed by atoms with Gasteiger partial charge in [0.2, 0.25) is 0 Å². The van der Waals surface area contributed by atoms with Crippen molar-refractivity contribution in [1.29, 1.82) is 0 Å². The largest absolute Gasteiger partial charge is 0.501 e. The van der Waals surface area contributed by atoms with Crippen molar-refractivity contribution in [3.05, 3.63) is 23.5 Å². The van der Waals surface area contributed by atoms with Crippen molar-refractivity contribution >= 4 is 5.78 Å².